The Labute approximate surface area is 216 Å². The normalized spacial score (nSPS) is 11.0. The molecule has 3 aromatic carbocycles. The Morgan fingerprint density at radius 3 is 2.32 bits per heavy atom. The lowest BCUT2D eigenvalue weighted by Gasteiger charge is -2.24. The van der Waals surface area contributed by atoms with Crippen LogP contribution in [0.3, 0.4) is 0 Å². The molecule has 37 heavy (non-hydrogen) atoms. The Morgan fingerprint density at radius 2 is 1.73 bits per heavy atom. The van der Waals surface area contributed by atoms with E-state index in [2.05, 4.69) is 5.32 Å². The number of nitrogens with zero attached hydrogens (tertiary/aromatic N) is 2. The van der Waals surface area contributed by atoms with Gasteiger partial charge in [0.1, 0.15) is 23.8 Å². The minimum absolute atomic E-state index is 0.0461. The number of nitro benzene ring substituents is 1. The highest BCUT2D eigenvalue weighted by Gasteiger charge is 2.24. The van der Waals surface area contributed by atoms with Crippen molar-refractivity contribution in [1.82, 2.24) is 5.32 Å². The first kappa shape index (κ1) is 27.5. The van der Waals surface area contributed by atoms with E-state index in [0.717, 1.165) is 27.9 Å². The van der Waals surface area contributed by atoms with Gasteiger partial charge in [0, 0.05) is 17.7 Å². The zero-order valence-electron chi connectivity index (χ0n) is 21.1. The molecule has 0 fully saturated rings. The van der Waals surface area contributed by atoms with E-state index in [1.54, 1.807) is 24.3 Å². The van der Waals surface area contributed by atoms with Crippen LogP contribution in [0.2, 0.25) is 0 Å². The number of aryl methyl sites for hydroxylation is 2. The third-order valence-electron chi connectivity index (χ3n) is 5.72. The Bertz CT molecular complexity index is 1390. The molecule has 1 amide bonds. The molecule has 0 atom stereocenters. The van der Waals surface area contributed by atoms with E-state index in [-0.39, 0.29) is 29.6 Å². The molecule has 10 nitrogen and oxygen atoms in total. The summed E-state index contributed by atoms with van der Waals surface area (Å²) >= 11 is 0. The molecule has 0 aliphatic carbocycles. The summed E-state index contributed by atoms with van der Waals surface area (Å²) in [5.41, 5.74) is 3.05. The first-order valence-electron chi connectivity index (χ1n) is 11.4. The molecule has 196 valence electrons. The van der Waals surface area contributed by atoms with Crippen LogP contribution in [-0.4, -0.2) is 45.8 Å². The van der Waals surface area contributed by atoms with E-state index < -0.39 is 14.9 Å². The molecule has 0 aliphatic rings. The van der Waals surface area contributed by atoms with Crippen LogP contribution >= 0.6 is 0 Å². The molecule has 0 unspecified atom stereocenters. The van der Waals surface area contributed by atoms with Crippen molar-refractivity contribution in [3.05, 3.63) is 93.0 Å². The average molecular weight is 528 g/mol. The number of non-ortho nitro benzene ring substituents is 1. The molecule has 0 radical (unpaired) electrons. The number of carbonyl (C=O) groups is 1. The summed E-state index contributed by atoms with van der Waals surface area (Å²) in [5, 5.41) is 14.0. The van der Waals surface area contributed by atoms with Gasteiger partial charge in [-0.05, 0) is 60.9 Å². The van der Waals surface area contributed by atoms with Gasteiger partial charge in [-0.15, -0.1) is 0 Å². The van der Waals surface area contributed by atoms with Gasteiger partial charge >= 0.3 is 0 Å². The number of carbonyl (C=O) groups excluding carboxylic acids is 1. The van der Waals surface area contributed by atoms with Crippen molar-refractivity contribution >= 4 is 27.3 Å². The predicted molar refractivity (Wildman–Crippen MR) is 141 cm³/mol. The Balaban J connectivity index is 1.66. The van der Waals surface area contributed by atoms with Gasteiger partial charge in [0.05, 0.1) is 31.4 Å². The van der Waals surface area contributed by atoms with Crippen molar-refractivity contribution in [2.45, 2.75) is 20.4 Å². The second kappa shape index (κ2) is 11.7. The Morgan fingerprint density at radius 1 is 1.03 bits per heavy atom. The lowest BCUT2D eigenvalue weighted by atomic mass is 10.1. The van der Waals surface area contributed by atoms with Crippen LogP contribution in [0, 0.1) is 24.0 Å². The Hall–Kier alpha value is -4.12. The number of sulfonamides is 1. The molecule has 0 heterocycles. The summed E-state index contributed by atoms with van der Waals surface area (Å²) in [6.45, 7) is 4.53. The number of benzene rings is 3. The van der Waals surface area contributed by atoms with Crippen molar-refractivity contribution < 1.29 is 27.6 Å². The second-order valence-corrected chi connectivity index (χ2v) is 10.3. The van der Waals surface area contributed by atoms with Gasteiger partial charge in [-0.3, -0.25) is 19.2 Å². The fraction of sp³-hybridized carbons (Fsp3) is 0.269. The van der Waals surface area contributed by atoms with Crippen molar-refractivity contribution in [3.63, 3.8) is 0 Å². The van der Waals surface area contributed by atoms with Gasteiger partial charge in [-0.1, -0.05) is 18.2 Å². The highest BCUT2D eigenvalue weighted by molar-refractivity contribution is 7.92. The fourth-order valence-electron chi connectivity index (χ4n) is 3.53. The van der Waals surface area contributed by atoms with E-state index in [1.165, 1.54) is 24.8 Å². The summed E-state index contributed by atoms with van der Waals surface area (Å²) in [5.74, 6) is 0.614. The van der Waals surface area contributed by atoms with Crippen LogP contribution in [0.15, 0.2) is 60.7 Å². The number of nitrogens with one attached hydrogen (secondary N) is 1. The third kappa shape index (κ3) is 7.20. The molecule has 0 aromatic heterocycles. The maximum absolute atomic E-state index is 12.6. The summed E-state index contributed by atoms with van der Waals surface area (Å²) < 4.78 is 37.1. The largest absolute Gasteiger partial charge is 0.495 e. The molecular formula is C26H29N3O7S. The van der Waals surface area contributed by atoms with Crippen LogP contribution < -0.4 is 19.1 Å². The summed E-state index contributed by atoms with van der Waals surface area (Å²) in [6, 6.07) is 16.0. The first-order valence-corrected chi connectivity index (χ1v) is 13.2. The molecule has 0 bridgehead atoms. The molecule has 0 saturated heterocycles. The third-order valence-corrected chi connectivity index (χ3v) is 6.85. The van der Waals surface area contributed by atoms with Gasteiger partial charge in [-0.25, -0.2) is 8.42 Å². The van der Waals surface area contributed by atoms with E-state index in [9.17, 15) is 23.3 Å². The van der Waals surface area contributed by atoms with Gasteiger partial charge < -0.3 is 14.8 Å². The zero-order chi connectivity index (χ0) is 27.2. The second-order valence-electron chi connectivity index (χ2n) is 8.43. The number of methoxy groups -OCH3 is 1. The first-order chi connectivity index (χ1) is 17.5. The number of nitro groups is 1. The molecule has 0 saturated carbocycles. The highest BCUT2D eigenvalue weighted by atomic mass is 32.2. The van der Waals surface area contributed by atoms with Crippen LogP contribution in [0.25, 0.3) is 0 Å². The van der Waals surface area contributed by atoms with E-state index in [4.69, 9.17) is 9.47 Å². The molecule has 1 N–H and O–H groups in total. The monoisotopic (exact) mass is 527 g/mol. The predicted octanol–water partition coefficient (Wildman–Crippen LogP) is 4.00. The molecular weight excluding hydrogens is 498 g/mol. The summed E-state index contributed by atoms with van der Waals surface area (Å²) in [4.78, 5) is 23.1. The minimum atomic E-state index is -3.82. The maximum atomic E-state index is 12.6. The average Bonchev–Trinajstić information content (AvgIpc) is 2.86. The molecule has 3 rings (SSSR count). The summed E-state index contributed by atoms with van der Waals surface area (Å²) in [7, 11) is -2.47. The van der Waals surface area contributed by atoms with Crippen LogP contribution in [-0.2, 0) is 16.6 Å². The van der Waals surface area contributed by atoms with Crippen LogP contribution in [0.4, 0.5) is 11.4 Å². The molecule has 0 spiro atoms. The number of rotatable bonds is 11. The number of anilines is 1. The smallest absolute Gasteiger partial charge is 0.271 e. The molecule has 0 aliphatic heterocycles. The number of ether oxygens (including phenoxy) is 2. The lowest BCUT2D eigenvalue weighted by Crippen LogP contribution is -2.30. The van der Waals surface area contributed by atoms with Gasteiger partial charge in [-0.2, -0.15) is 0 Å². The van der Waals surface area contributed by atoms with E-state index in [1.807, 2.05) is 32.0 Å². The van der Waals surface area contributed by atoms with Crippen molar-refractivity contribution in [2.75, 3.05) is 30.8 Å². The van der Waals surface area contributed by atoms with Crippen molar-refractivity contribution in [1.29, 1.82) is 0 Å². The highest BCUT2D eigenvalue weighted by Crippen LogP contribution is 2.34. The number of hydrogen-bond acceptors (Lipinski definition) is 7. The molecule has 11 heteroatoms. The lowest BCUT2D eigenvalue weighted by molar-refractivity contribution is -0.384. The van der Waals surface area contributed by atoms with E-state index >= 15 is 0 Å². The topological polar surface area (TPSA) is 128 Å². The van der Waals surface area contributed by atoms with Gasteiger partial charge in [0.15, 0.2) is 0 Å². The minimum Gasteiger partial charge on any atom is -0.495 e. The quantitative estimate of drug-likeness (QED) is 0.227. The van der Waals surface area contributed by atoms with E-state index in [0.29, 0.717) is 24.3 Å². The molecule has 3 aromatic rings. The van der Waals surface area contributed by atoms with Crippen LogP contribution in [0.1, 0.15) is 27.0 Å². The fourth-order valence-corrected chi connectivity index (χ4v) is 4.42. The zero-order valence-corrected chi connectivity index (χ0v) is 21.9. The number of hydrogen-bond donors (Lipinski definition) is 1. The van der Waals surface area contributed by atoms with Gasteiger partial charge in [0.2, 0.25) is 10.0 Å². The SMILES string of the molecule is COc1ccc([N+](=O)[O-])cc1N(Cc1ccc(C(=O)NCCOc2ccc(C)c(C)c2)cc1)S(C)(=O)=O. The van der Waals surface area contributed by atoms with Gasteiger partial charge in [0.25, 0.3) is 11.6 Å². The Kier molecular flexibility index (Phi) is 8.72. The summed E-state index contributed by atoms with van der Waals surface area (Å²) in [6.07, 6.45) is 1.01. The maximum Gasteiger partial charge on any atom is 0.271 e. The van der Waals surface area contributed by atoms with Crippen molar-refractivity contribution in [2.24, 2.45) is 0 Å². The standard InChI is InChI=1S/C26H29N3O7S/c1-18-5-11-23(15-19(18)2)36-14-13-27-26(30)21-8-6-20(7-9-21)17-28(37(4,33)34)24-16-22(29(31)32)10-12-25(24)35-3/h5-12,15-16H,13-14,17H2,1-4H3,(H,27,30). The van der Waals surface area contributed by atoms with Crippen LogP contribution in [0.5, 0.6) is 11.5 Å². The van der Waals surface area contributed by atoms with Crippen molar-refractivity contribution in [3.8, 4) is 11.5 Å². The number of amides is 1.